The molecule has 1 aliphatic carbocycles. The minimum Gasteiger partial charge on any atom is -0.379 e. The summed E-state index contributed by atoms with van der Waals surface area (Å²) in [6.07, 6.45) is 2.55. The van der Waals surface area contributed by atoms with Gasteiger partial charge in [-0.1, -0.05) is 6.92 Å². The third-order valence-corrected chi connectivity index (χ3v) is 5.77. The number of carbonyl (C=O) groups is 1. The second-order valence-electron chi connectivity index (χ2n) is 8.13. The molecule has 2 amide bonds. The van der Waals surface area contributed by atoms with E-state index in [4.69, 9.17) is 4.74 Å². The first kappa shape index (κ1) is 18.6. The lowest BCUT2D eigenvalue weighted by Gasteiger charge is -2.35. The lowest BCUT2D eigenvalue weighted by atomic mass is 10.1. The molecule has 1 aromatic rings. The van der Waals surface area contributed by atoms with Gasteiger partial charge in [-0.15, -0.1) is 0 Å². The number of hydrogen-bond acceptors (Lipinski definition) is 5. The van der Waals surface area contributed by atoms with Crippen LogP contribution in [-0.2, 0) is 4.74 Å². The number of hydrogen-bond donors (Lipinski definition) is 2. The maximum Gasteiger partial charge on any atom is 0.317 e. The molecule has 3 fully saturated rings. The lowest BCUT2D eigenvalue weighted by molar-refractivity contribution is 0.0318. The number of ether oxygens (including phenoxy) is 1. The Hall–Kier alpha value is -1.80. The predicted octanol–water partition coefficient (Wildman–Crippen LogP) is 1.09. The Balaban J connectivity index is 1.16. The van der Waals surface area contributed by atoms with Crippen LogP contribution in [0.3, 0.4) is 0 Å². The van der Waals surface area contributed by atoms with E-state index in [-0.39, 0.29) is 6.03 Å². The molecule has 0 spiro atoms. The van der Waals surface area contributed by atoms with Crippen LogP contribution in [0.25, 0.3) is 0 Å². The molecule has 1 atom stereocenters. The van der Waals surface area contributed by atoms with E-state index in [9.17, 15) is 4.79 Å². The van der Waals surface area contributed by atoms with Gasteiger partial charge in [0.2, 0.25) is 0 Å². The average molecular weight is 377 g/mol. The van der Waals surface area contributed by atoms with Crippen molar-refractivity contribution in [1.82, 2.24) is 25.3 Å². The fourth-order valence-corrected chi connectivity index (χ4v) is 3.89. The van der Waals surface area contributed by atoms with Crippen LogP contribution in [0, 0.1) is 5.92 Å². The van der Waals surface area contributed by atoms with Gasteiger partial charge in [0, 0.05) is 70.0 Å². The van der Waals surface area contributed by atoms with Gasteiger partial charge in [0.1, 0.15) is 0 Å². The molecule has 3 heterocycles. The first-order valence-corrected chi connectivity index (χ1v) is 10.3. The van der Waals surface area contributed by atoms with Gasteiger partial charge in [0.15, 0.2) is 5.82 Å². The minimum atomic E-state index is 0.0594. The number of nitrogens with zero attached hydrogens (tertiary/aromatic N) is 4. The summed E-state index contributed by atoms with van der Waals surface area (Å²) in [5, 5.41) is 10.7. The highest BCUT2D eigenvalue weighted by atomic mass is 16.5. The average Bonchev–Trinajstić information content (AvgIpc) is 3.44. The SMILES string of the molecule is CC(CNC(=O)N1CCN(c2cc(C3CC3)[nH]n2)CC1)CN1CCOCC1. The largest absolute Gasteiger partial charge is 0.379 e. The van der Waals surface area contributed by atoms with E-state index in [0.29, 0.717) is 11.8 Å². The molecule has 8 nitrogen and oxygen atoms in total. The molecule has 2 N–H and O–H groups in total. The molecule has 3 aliphatic rings. The van der Waals surface area contributed by atoms with Crippen molar-refractivity contribution in [2.24, 2.45) is 5.92 Å². The number of nitrogens with one attached hydrogen (secondary N) is 2. The molecule has 0 aromatic carbocycles. The molecule has 1 saturated carbocycles. The summed E-state index contributed by atoms with van der Waals surface area (Å²) in [5.74, 6) is 2.16. The Bertz CT molecular complexity index is 617. The van der Waals surface area contributed by atoms with Crippen LogP contribution >= 0.6 is 0 Å². The Morgan fingerprint density at radius 1 is 1.26 bits per heavy atom. The van der Waals surface area contributed by atoms with Gasteiger partial charge in [0.05, 0.1) is 13.2 Å². The van der Waals surface area contributed by atoms with Crippen molar-refractivity contribution in [3.8, 4) is 0 Å². The third kappa shape index (κ3) is 4.93. The van der Waals surface area contributed by atoms with Crippen LogP contribution in [-0.4, -0.2) is 91.6 Å². The molecular weight excluding hydrogens is 344 g/mol. The number of amides is 2. The number of carbonyl (C=O) groups excluding carboxylic acids is 1. The van der Waals surface area contributed by atoms with Crippen LogP contribution < -0.4 is 10.2 Å². The summed E-state index contributed by atoms with van der Waals surface area (Å²) in [6.45, 7) is 10.7. The first-order valence-electron chi connectivity index (χ1n) is 10.3. The van der Waals surface area contributed by atoms with Gasteiger partial charge in [-0.05, 0) is 18.8 Å². The van der Waals surface area contributed by atoms with Crippen molar-refractivity contribution in [2.75, 3.05) is 70.5 Å². The molecular formula is C19H32N6O2. The van der Waals surface area contributed by atoms with E-state index in [0.717, 1.165) is 71.4 Å². The smallest absolute Gasteiger partial charge is 0.317 e. The number of piperazine rings is 1. The Morgan fingerprint density at radius 3 is 2.70 bits per heavy atom. The number of rotatable bonds is 6. The lowest BCUT2D eigenvalue weighted by Crippen LogP contribution is -2.52. The highest BCUT2D eigenvalue weighted by Crippen LogP contribution is 2.39. The first-order chi connectivity index (χ1) is 13.2. The van der Waals surface area contributed by atoms with Crippen molar-refractivity contribution >= 4 is 11.8 Å². The molecule has 2 aliphatic heterocycles. The molecule has 0 radical (unpaired) electrons. The van der Waals surface area contributed by atoms with E-state index in [2.05, 4.69) is 38.3 Å². The molecule has 4 rings (SSSR count). The minimum absolute atomic E-state index is 0.0594. The molecule has 150 valence electrons. The highest BCUT2D eigenvalue weighted by Gasteiger charge is 2.28. The summed E-state index contributed by atoms with van der Waals surface area (Å²) in [6, 6.07) is 2.24. The van der Waals surface area contributed by atoms with Crippen LogP contribution in [0.4, 0.5) is 10.6 Å². The third-order valence-electron chi connectivity index (χ3n) is 5.77. The molecule has 1 unspecified atom stereocenters. The maximum absolute atomic E-state index is 12.5. The van der Waals surface area contributed by atoms with Crippen molar-refractivity contribution in [2.45, 2.75) is 25.7 Å². The van der Waals surface area contributed by atoms with Gasteiger partial charge >= 0.3 is 6.03 Å². The molecule has 2 saturated heterocycles. The molecule has 0 bridgehead atoms. The van der Waals surface area contributed by atoms with E-state index in [1.807, 2.05) is 4.90 Å². The standard InChI is InChI=1S/C19H32N6O2/c1-15(14-23-8-10-27-11-9-23)13-20-19(26)25-6-4-24(5-7-25)18-12-17(21-22-18)16-2-3-16/h12,15-16H,2-11,13-14H2,1H3,(H,20,26)(H,21,22). The number of aromatic amines is 1. The Kier molecular flexibility index (Phi) is 5.83. The Labute approximate surface area is 161 Å². The summed E-state index contributed by atoms with van der Waals surface area (Å²) >= 11 is 0. The van der Waals surface area contributed by atoms with Crippen molar-refractivity contribution < 1.29 is 9.53 Å². The van der Waals surface area contributed by atoms with Crippen LogP contribution in [0.15, 0.2) is 6.07 Å². The second kappa shape index (κ2) is 8.48. The van der Waals surface area contributed by atoms with Crippen molar-refractivity contribution in [3.05, 3.63) is 11.8 Å². The predicted molar refractivity (Wildman–Crippen MR) is 104 cm³/mol. The number of aromatic nitrogens is 2. The second-order valence-corrected chi connectivity index (χ2v) is 8.13. The number of H-pyrrole nitrogens is 1. The number of urea groups is 1. The zero-order valence-electron chi connectivity index (χ0n) is 16.3. The normalized spacial score (nSPS) is 22.7. The molecule has 8 heteroatoms. The van der Waals surface area contributed by atoms with Gasteiger partial charge in [0.25, 0.3) is 0 Å². The number of morpholine rings is 1. The van der Waals surface area contributed by atoms with Crippen molar-refractivity contribution in [3.63, 3.8) is 0 Å². The zero-order valence-corrected chi connectivity index (χ0v) is 16.3. The monoisotopic (exact) mass is 376 g/mol. The van der Waals surface area contributed by atoms with E-state index < -0.39 is 0 Å². The summed E-state index contributed by atoms with van der Waals surface area (Å²) < 4.78 is 5.39. The van der Waals surface area contributed by atoms with Crippen LogP contribution in [0.5, 0.6) is 0 Å². The molecule has 27 heavy (non-hydrogen) atoms. The summed E-state index contributed by atoms with van der Waals surface area (Å²) in [4.78, 5) is 19.1. The fourth-order valence-electron chi connectivity index (χ4n) is 3.89. The van der Waals surface area contributed by atoms with Gasteiger partial charge in [-0.25, -0.2) is 4.79 Å². The van der Waals surface area contributed by atoms with E-state index >= 15 is 0 Å². The quantitative estimate of drug-likeness (QED) is 0.777. The topological polar surface area (TPSA) is 76.7 Å². The highest BCUT2D eigenvalue weighted by molar-refractivity contribution is 5.74. The molecule has 1 aromatic heterocycles. The van der Waals surface area contributed by atoms with Gasteiger partial charge < -0.3 is 19.9 Å². The number of anilines is 1. The Morgan fingerprint density at radius 2 is 2.00 bits per heavy atom. The van der Waals surface area contributed by atoms with E-state index in [1.54, 1.807) is 0 Å². The summed E-state index contributed by atoms with van der Waals surface area (Å²) in [5.41, 5.74) is 1.26. The van der Waals surface area contributed by atoms with Gasteiger partial charge in [-0.3, -0.25) is 10.00 Å². The zero-order chi connectivity index (χ0) is 18.6. The maximum atomic E-state index is 12.5. The van der Waals surface area contributed by atoms with Gasteiger partial charge in [-0.2, -0.15) is 5.10 Å². The fraction of sp³-hybridized carbons (Fsp3) is 0.789. The van der Waals surface area contributed by atoms with E-state index in [1.165, 1.54) is 18.5 Å². The van der Waals surface area contributed by atoms with Crippen LogP contribution in [0.1, 0.15) is 31.4 Å². The van der Waals surface area contributed by atoms with Crippen molar-refractivity contribution in [1.29, 1.82) is 0 Å². The summed E-state index contributed by atoms with van der Waals surface area (Å²) in [7, 11) is 0. The van der Waals surface area contributed by atoms with Crippen LogP contribution in [0.2, 0.25) is 0 Å².